The van der Waals surface area contributed by atoms with Gasteiger partial charge in [-0.15, -0.1) is 0 Å². The predicted molar refractivity (Wildman–Crippen MR) is 51.5 cm³/mol. The van der Waals surface area contributed by atoms with Crippen LogP contribution in [-0.4, -0.2) is 23.0 Å². The van der Waals surface area contributed by atoms with Crippen LogP contribution in [0, 0.1) is 0 Å². The van der Waals surface area contributed by atoms with Crippen molar-refractivity contribution in [1.82, 2.24) is 9.55 Å². The third-order valence-corrected chi connectivity index (χ3v) is 2.38. The maximum absolute atomic E-state index is 11.4. The van der Waals surface area contributed by atoms with Gasteiger partial charge in [0.1, 0.15) is 6.23 Å². The summed E-state index contributed by atoms with van der Waals surface area (Å²) in [5, 5.41) is 0. The molecule has 1 N–H and O–H groups in total. The summed E-state index contributed by atoms with van der Waals surface area (Å²) in [6.45, 7) is 0. The van der Waals surface area contributed by atoms with Crippen LogP contribution in [0.4, 0.5) is 0 Å². The van der Waals surface area contributed by atoms with Gasteiger partial charge in [0, 0.05) is 25.8 Å². The van der Waals surface area contributed by atoms with E-state index in [-0.39, 0.29) is 12.5 Å². The molecule has 1 aliphatic rings. The molecule has 0 amide bonds. The fourth-order valence-electron chi connectivity index (χ4n) is 1.62. The SMILES string of the molecule is CO[C@H]1CC[C@H](n2ccc(=O)[nH]c2=O)O1. The molecular weight excluding hydrogens is 200 g/mol. The zero-order chi connectivity index (χ0) is 10.8. The molecular formula is C9H12N2O4. The molecule has 1 aromatic heterocycles. The van der Waals surface area contributed by atoms with E-state index in [2.05, 4.69) is 4.98 Å². The Labute approximate surface area is 85.4 Å². The van der Waals surface area contributed by atoms with E-state index >= 15 is 0 Å². The van der Waals surface area contributed by atoms with E-state index in [9.17, 15) is 9.59 Å². The summed E-state index contributed by atoms with van der Waals surface area (Å²) in [5.41, 5.74) is -0.859. The summed E-state index contributed by atoms with van der Waals surface area (Å²) in [6, 6.07) is 1.30. The molecule has 6 heteroatoms. The first-order valence-electron chi connectivity index (χ1n) is 4.70. The first-order chi connectivity index (χ1) is 7.20. The van der Waals surface area contributed by atoms with Crippen molar-refractivity contribution in [1.29, 1.82) is 0 Å². The Balaban J connectivity index is 2.24. The minimum absolute atomic E-state index is 0.270. The highest BCUT2D eigenvalue weighted by Crippen LogP contribution is 2.26. The lowest BCUT2D eigenvalue weighted by atomic mass is 10.3. The first-order valence-corrected chi connectivity index (χ1v) is 4.70. The van der Waals surface area contributed by atoms with E-state index in [1.54, 1.807) is 7.11 Å². The number of rotatable bonds is 2. The lowest BCUT2D eigenvalue weighted by Crippen LogP contribution is -2.31. The van der Waals surface area contributed by atoms with Crippen LogP contribution in [0.2, 0.25) is 0 Å². The number of methoxy groups -OCH3 is 1. The van der Waals surface area contributed by atoms with Gasteiger partial charge in [-0.1, -0.05) is 0 Å². The number of nitrogens with one attached hydrogen (secondary N) is 1. The molecule has 0 saturated carbocycles. The minimum atomic E-state index is -0.454. The van der Waals surface area contributed by atoms with Crippen LogP contribution < -0.4 is 11.2 Å². The molecule has 0 bridgehead atoms. The fraction of sp³-hybridized carbons (Fsp3) is 0.556. The second kappa shape index (κ2) is 4.00. The smallest absolute Gasteiger partial charge is 0.330 e. The van der Waals surface area contributed by atoms with Gasteiger partial charge in [0.25, 0.3) is 5.56 Å². The second-order valence-corrected chi connectivity index (χ2v) is 3.35. The summed E-state index contributed by atoms with van der Waals surface area (Å²) in [7, 11) is 1.56. The summed E-state index contributed by atoms with van der Waals surface area (Å²) in [4.78, 5) is 24.4. The molecule has 6 nitrogen and oxygen atoms in total. The van der Waals surface area contributed by atoms with E-state index in [1.165, 1.54) is 16.8 Å². The van der Waals surface area contributed by atoms with Gasteiger partial charge in [-0.2, -0.15) is 0 Å². The van der Waals surface area contributed by atoms with Gasteiger partial charge in [-0.25, -0.2) is 4.79 Å². The number of hydrogen-bond donors (Lipinski definition) is 1. The highest BCUT2D eigenvalue weighted by atomic mass is 16.7. The maximum atomic E-state index is 11.4. The van der Waals surface area contributed by atoms with Crippen molar-refractivity contribution < 1.29 is 9.47 Å². The summed E-state index contributed by atoms with van der Waals surface area (Å²) in [6.07, 6.45) is 2.26. The van der Waals surface area contributed by atoms with E-state index in [0.717, 1.165) is 6.42 Å². The van der Waals surface area contributed by atoms with Gasteiger partial charge in [-0.05, 0) is 6.42 Å². The average Bonchev–Trinajstić information content (AvgIpc) is 2.66. The van der Waals surface area contributed by atoms with Crippen LogP contribution in [0.25, 0.3) is 0 Å². The molecule has 2 atom stereocenters. The third kappa shape index (κ3) is 2.00. The van der Waals surface area contributed by atoms with Crippen molar-refractivity contribution in [2.45, 2.75) is 25.4 Å². The summed E-state index contributed by atoms with van der Waals surface area (Å²) in [5.74, 6) is 0. The Kier molecular flexibility index (Phi) is 2.70. The van der Waals surface area contributed by atoms with Gasteiger partial charge in [0.05, 0.1) is 0 Å². The third-order valence-electron chi connectivity index (χ3n) is 2.38. The number of aromatic nitrogens is 2. The topological polar surface area (TPSA) is 73.3 Å². The van der Waals surface area contributed by atoms with Gasteiger partial charge < -0.3 is 9.47 Å². The number of aromatic amines is 1. The fourth-order valence-corrected chi connectivity index (χ4v) is 1.62. The first kappa shape index (κ1) is 10.1. The largest absolute Gasteiger partial charge is 0.356 e. The Bertz CT molecular complexity index is 450. The zero-order valence-corrected chi connectivity index (χ0v) is 8.30. The number of nitrogens with zero attached hydrogens (tertiary/aromatic N) is 1. The van der Waals surface area contributed by atoms with E-state index in [4.69, 9.17) is 9.47 Å². The lowest BCUT2D eigenvalue weighted by molar-refractivity contribution is -0.134. The molecule has 0 aliphatic carbocycles. The lowest BCUT2D eigenvalue weighted by Gasteiger charge is -2.13. The van der Waals surface area contributed by atoms with Crippen LogP contribution >= 0.6 is 0 Å². The standard InChI is InChI=1S/C9H12N2O4/c1-14-8-3-2-7(15-8)11-5-4-6(12)10-9(11)13/h4-5,7-8H,2-3H2,1H3,(H,10,12,13)/t7-,8-/m1/s1. The van der Waals surface area contributed by atoms with Crippen LogP contribution in [0.15, 0.2) is 21.9 Å². The van der Waals surface area contributed by atoms with Gasteiger partial charge in [-0.3, -0.25) is 14.3 Å². The number of hydrogen-bond acceptors (Lipinski definition) is 4. The van der Waals surface area contributed by atoms with E-state index in [0.29, 0.717) is 6.42 Å². The van der Waals surface area contributed by atoms with Gasteiger partial charge >= 0.3 is 5.69 Å². The van der Waals surface area contributed by atoms with Crippen LogP contribution in [0.3, 0.4) is 0 Å². The molecule has 82 valence electrons. The maximum Gasteiger partial charge on any atom is 0.330 e. The number of ether oxygens (including phenoxy) is 2. The summed E-state index contributed by atoms with van der Waals surface area (Å²) >= 11 is 0. The van der Waals surface area contributed by atoms with Crippen molar-refractivity contribution in [2.24, 2.45) is 0 Å². The Hall–Kier alpha value is -1.40. The van der Waals surface area contributed by atoms with E-state index in [1.807, 2.05) is 0 Å². The molecule has 15 heavy (non-hydrogen) atoms. The van der Waals surface area contributed by atoms with Crippen molar-refractivity contribution >= 4 is 0 Å². The Morgan fingerprint density at radius 2 is 2.33 bits per heavy atom. The molecule has 0 unspecified atom stereocenters. The highest BCUT2D eigenvalue weighted by Gasteiger charge is 2.26. The van der Waals surface area contributed by atoms with Crippen molar-refractivity contribution in [3.8, 4) is 0 Å². The monoisotopic (exact) mass is 212 g/mol. The minimum Gasteiger partial charge on any atom is -0.356 e. The molecule has 0 spiro atoms. The second-order valence-electron chi connectivity index (χ2n) is 3.35. The molecule has 2 rings (SSSR count). The number of H-pyrrole nitrogens is 1. The highest BCUT2D eigenvalue weighted by molar-refractivity contribution is 4.85. The predicted octanol–water partition coefficient (Wildman–Crippen LogP) is -0.182. The molecule has 1 aromatic rings. The molecule has 1 aliphatic heterocycles. The molecule has 2 heterocycles. The van der Waals surface area contributed by atoms with Crippen LogP contribution in [0.1, 0.15) is 19.1 Å². The summed E-state index contributed by atoms with van der Waals surface area (Å²) < 4.78 is 11.8. The zero-order valence-electron chi connectivity index (χ0n) is 8.30. The quantitative estimate of drug-likeness (QED) is 0.738. The molecule has 0 aromatic carbocycles. The van der Waals surface area contributed by atoms with Crippen molar-refractivity contribution in [3.05, 3.63) is 33.1 Å². The van der Waals surface area contributed by atoms with Crippen molar-refractivity contribution in [3.63, 3.8) is 0 Å². The Morgan fingerprint density at radius 1 is 1.53 bits per heavy atom. The van der Waals surface area contributed by atoms with Crippen LogP contribution in [-0.2, 0) is 9.47 Å². The molecule has 0 radical (unpaired) electrons. The van der Waals surface area contributed by atoms with Gasteiger partial charge in [0.15, 0.2) is 6.29 Å². The molecule has 1 saturated heterocycles. The van der Waals surface area contributed by atoms with Crippen LogP contribution in [0.5, 0.6) is 0 Å². The molecule has 1 fully saturated rings. The van der Waals surface area contributed by atoms with E-state index < -0.39 is 11.2 Å². The normalized spacial score (nSPS) is 25.7. The van der Waals surface area contributed by atoms with Crippen molar-refractivity contribution in [2.75, 3.05) is 7.11 Å². The van der Waals surface area contributed by atoms with Gasteiger partial charge in [0.2, 0.25) is 0 Å². The average molecular weight is 212 g/mol. The Morgan fingerprint density at radius 3 is 2.93 bits per heavy atom.